The quantitative estimate of drug-likeness (QED) is 0.673. The van der Waals surface area contributed by atoms with Crippen LogP contribution < -0.4 is 14.8 Å². The van der Waals surface area contributed by atoms with Crippen LogP contribution in [-0.4, -0.2) is 40.5 Å². The van der Waals surface area contributed by atoms with Gasteiger partial charge in [-0.25, -0.2) is 0 Å². The molecule has 0 fully saturated rings. The van der Waals surface area contributed by atoms with Crippen LogP contribution in [0.1, 0.15) is 25.8 Å². The van der Waals surface area contributed by atoms with Gasteiger partial charge in [-0.2, -0.15) is 0 Å². The molecule has 118 valence electrons. The second-order valence-electron chi connectivity index (χ2n) is 4.67. The molecule has 21 heavy (non-hydrogen) atoms. The van der Waals surface area contributed by atoms with Crippen LogP contribution in [0.25, 0.3) is 6.08 Å². The molecular formula is C17H27NO3. The Balaban J connectivity index is 2.75. The first-order valence-electron chi connectivity index (χ1n) is 7.45. The maximum absolute atomic E-state index is 5.53. The third-order valence-electron chi connectivity index (χ3n) is 3.15. The van der Waals surface area contributed by atoms with Gasteiger partial charge in [0.25, 0.3) is 0 Å². The summed E-state index contributed by atoms with van der Waals surface area (Å²) in [5, 5.41) is 3.37. The van der Waals surface area contributed by atoms with Crippen LogP contribution in [0.4, 0.5) is 0 Å². The first-order chi connectivity index (χ1) is 10.2. The predicted octanol–water partition coefficient (Wildman–Crippen LogP) is 3.12. The van der Waals surface area contributed by atoms with Gasteiger partial charge in [0.2, 0.25) is 0 Å². The monoisotopic (exact) mass is 293 g/mol. The number of hydrogen-bond acceptors (Lipinski definition) is 4. The van der Waals surface area contributed by atoms with Crippen LogP contribution in [0.2, 0.25) is 0 Å². The van der Waals surface area contributed by atoms with Crippen molar-refractivity contribution < 1.29 is 14.2 Å². The van der Waals surface area contributed by atoms with E-state index in [1.54, 1.807) is 14.2 Å². The molecule has 0 aliphatic rings. The van der Waals surface area contributed by atoms with Gasteiger partial charge < -0.3 is 19.5 Å². The number of rotatable bonds is 10. The summed E-state index contributed by atoms with van der Waals surface area (Å²) in [7, 11) is 3.38. The zero-order valence-corrected chi connectivity index (χ0v) is 13.6. The fraction of sp³-hybridized carbons (Fsp3) is 0.529. The summed E-state index contributed by atoms with van der Waals surface area (Å²) in [6.07, 6.45) is 3.20. The summed E-state index contributed by atoms with van der Waals surface area (Å²) >= 11 is 0. The van der Waals surface area contributed by atoms with Gasteiger partial charge >= 0.3 is 0 Å². The van der Waals surface area contributed by atoms with Crippen molar-refractivity contribution in [3.63, 3.8) is 0 Å². The van der Waals surface area contributed by atoms with Crippen LogP contribution in [0, 0.1) is 0 Å². The number of methoxy groups -OCH3 is 2. The minimum Gasteiger partial charge on any atom is -0.493 e. The van der Waals surface area contributed by atoms with Crippen LogP contribution in [0.3, 0.4) is 0 Å². The first-order valence-corrected chi connectivity index (χ1v) is 7.45. The second kappa shape index (κ2) is 10.2. The molecule has 1 aromatic carbocycles. The molecule has 0 radical (unpaired) electrons. The molecule has 0 bridgehead atoms. The normalized spacial score (nSPS) is 11.5. The lowest BCUT2D eigenvalue weighted by Crippen LogP contribution is -2.21. The highest BCUT2D eigenvalue weighted by molar-refractivity contribution is 5.58. The SMILES string of the molecule is CCOc1ccc(C=C(CC)CNCCOC)cc1OC. The smallest absolute Gasteiger partial charge is 0.161 e. The van der Waals surface area contributed by atoms with Crippen LogP contribution in [0.15, 0.2) is 23.8 Å². The molecule has 0 atom stereocenters. The van der Waals surface area contributed by atoms with Crippen molar-refractivity contribution in [2.24, 2.45) is 0 Å². The molecule has 0 saturated heterocycles. The summed E-state index contributed by atoms with van der Waals surface area (Å²) in [4.78, 5) is 0. The Labute approximate surface area is 128 Å². The lowest BCUT2D eigenvalue weighted by molar-refractivity contribution is 0.200. The van der Waals surface area contributed by atoms with Crippen molar-refractivity contribution in [2.75, 3.05) is 40.5 Å². The molecular weight excluding hydrogens is 266 g/mol. The number of ether oxygens (including phenoxy) is 3. The molecule has 0 heterocycles. The van der Waals surface area contributed by atoms with E-state index in [0.717, 1.165) is 43.2 Å². The summed E-state index contributed by atoms with van der Waals surface area (Å²) in [6, 6.07) is 6.02. The minimum absolute atomic E-state index is 0.634. The van der Waals surface area contributed by atoms with Gasteiger partial charge in [0.05, 0.1) is 20.3 Å². The summed E-state index contributed by atoms with van der Waals surface area (Å²) < 4.78 is 15.9. The van der Waals surface area contributed by atoms with E-state index in [0.29, 0.717) is 6.61 Å². The molecule has 0 saturated carbocycles. The predicted molar refractivity (Wildman–Crippen MR) is 87.2 cm³/mol. The standard InChI is InChI=1S/C17H27NO3/c1-5-14(13-18-9-10-19-3)11-15-7-8-16(21-6-2)17(12-15)20-4/h7-8,11-12,18H,5-6,9-10,13H2,1-4H3. The number of nitrogens with one attached hydrogen (secondary N) is 1. The Kier molecular flexibility index (Phi) is 8.55. The van der Waals surface area contributed by atoms with Crippen molar-refractivity contribution in [3.8, 4) is 11.5 Å². The van der Waals surface area contributed by atoms with Crippen molar-refractivity contribution in [1.82, 2.24) is 5.32 Å². The van der Waals surface area contributed by atoms with Crippen molar-refractivity contribution >= 4 is 6.08 Å². The Morgan fingerprint density at radius 1 is 1.19 bits per heavy atom. The average Bonchev–Trinajstić information content (AvgIpc) is 2.51. The fourth-order valence-corrected chi connectivity index (χ4v) is 1.99. The molecule has 4 heteroatoms. The van der Waals surface area contributed by atoms with Crippen molar-refractivity contribution in [2.45, 2.75) is 20.3 Å². The van der Waals surface area contributed by atoms with E-state index in [4.69, 9.17) is 14.2 Å². The zero-order chi connectivity index (χ0) is 15.5. The largest absolute Gasteiger partial charge is 0.493 e. The van der Waals surface area contributed by atoms with E-state index >= 15 is 0 Å². The van der Waals surface area contributed by atoms with Crippen LogP contribution in [0.5, 0.6) is 11.5 Å². The Bertz CT molecular complexity index is 444. The average molecular weight is 293 g/mol. The minimum atomic E-state index is 0.634. The van der Waals surface area contributed by atoms with Crippen molar-refractivity contribution in [3.05, 3.63) is 29.3 Å². The fourth-order valence-electron chi connectivity index (χ4n) is 1.99. The van der Waals surface area contributed by atoms with Gasteiger partial charge in [0.15, 0.2) is 11.5 Å². The van der Waals surface area contributed by atoms with E-state index in [1.807, 2.05) is 19.1 Å². The molecule has 0 amide bonds. The van der Waals surface area contributed by atoms with Crippen LogP contribution >= 0.6 is 0 Å². The van der Waals surface area contributed by atoms with Gasteiger partial charge in [-0.1, -0.05) is 24.6 Å². The summed E-state index contributed by atoms with van der Waals surface area (Å²) in [5.74, 6) is 1.56. The Hall–Kier alpha value is -1.52. The molecule has 0 aromatic heterocycles. The van der Waals surface area contributed by atoms with E-state index in [9.17, 15) is 0 Å². The lowest BCUT2D eigenvalue weighted by Gasteiger charge is -2.11. The maximum atomic E-state index is 5.53. The molecule has 4 nitrogen and oxygen atoms in total. The molecule has 0 aliphatic carbocycles. The highest BCUT2D eigenvalue weighted by Gasteiger charge is 2.04. The van der Waals surface area contributed by atoms with Crippen molar-refractivity contribution in [1.29, 1.82) is 0 Å². The highest BCUT2D eigenvalue weighted by Crippen LogP contribution is 2.29. The highest BCUT2D eigenvalue weighted by atomic mass is 16.5. The molecule has 0 unspecified atom stereocenters. The topological polar surface area (TPSA) is 39.7 Å². The van der Waals surface area contributed by atoms with Gasteiger partial charge in [-0.15, -0.1) is 0 Å². The molecule has 0 spiro atoms. The number of hydrogen-bond donors (Lipinski definition) is 1. The second-order valence-corrected chi connectivity index (χ2v) is 4.67. The summed E-state index contributed by atoms with van der Waals surface area (Å²) in [5.41, 5.74) is 2.47. The van der Waals surface area contributed by atoms with Gasteiger partial charge in [-0.3, -0.25) is 0 Å². The third kappa shape index (κ3) is 6.19. The maximum Gasteiger partial charge on any atom is 0.161 e. The van der Waals surface area contributed by atoms with Gasteiger partial charge in [0, 0.05) is 20.2 Å². The molecule has 1 aromatic rings. The van der Waals surface area contributed by atoms with E-state index < -0.39 is 0 Å². The van der Waals surface area contributed by atoms with E-state index in [-0.39, 0.29) is 0 Å². The van der Waals surface area contributed by atoms with E-state index in [1.165, 1.54) is 5.57 Å². The summed E-state index contributed by atoms with van der Waals surface area (Å²) in [6.45, 7) is 7.22. The van der Waals surface area contributed by atoms with Gasteiger partial charge in [0.1, 0.15) is 0 Å². The molecule has 1 rings (SSSR count). The Morgan fingerprint density at radius 3 is 2.62 bits per heavy atom. The Morgan fingerprint density at radius 2 is 2.00 bits per heavy atom. The molecule has 1 N–H and O–H groups in total. The van der Waals surface area contributed by atoms with E-state index in [2.05, 4.69) is 24.4 Å². The van der Waals surface area contributed by atoms with Gasteiger partial charge in [-0.05, 0) is 31.0 Å². The number of benzene rings is 1. The first kappa shape index (κ1) is 17.5. The zero-order valence-electron chi connectivity index (χ0n) is 13.6. The third-order valence-corrected chi connectivity index (χ3v) is 3.15. The lowest BCUT2D eigenvalue weighted by atomic mass is 10.1. The van der Waals surface area contributed by atoms with Crippen LogP contribution in [-0.2, 0) is 4.74 Å². The molecule has 0 aliphatic heterocycles.